The van der Waals surface area contributed by atoms with Crippen molar-refractivity contribution < 1.29 is 0 Å². The van der Waals surface area contributed by atoms with Crippen molar-refractivity contribution in [3.05, 3.63) is 258 Å². The molecule has 0 bridgehead atoms. The van der Waals surface area contributed by atoms with Gasteiger partial charge in [-0.2, -0.15) is 0 Å². The smallest absolute Gasteiger partial charge is 0.0726 e. The minimum atomic E-state index is -0.494. The predicted molar refractivity (Wildman–Crippen MR) is 277 cm³/mol. The van der Waals surface area contributed by atoms with Crippen LogP contribution in [0.3, 0.4) is 0 Å². The predicted octanol–water partition coefficient (Wildman–Crippen LogP) is 17.7. The molecule has 1 spiro atoms. The van der Waals surface area contributed by atoms with Gasteiger partial charge in [-0.25, -0.2) is 0 Å². The summed E-state index contributed by atoms with van der Waals surface area (Å²) in [6.45, 7) is 0. The molecular weight excluding hydrogens is 795 g/mol. The number of anilines is 3. The van der Waals surface area contributed by atoms with Crippen LogP contribution in [0.2, 0.25) is 0 Å². The number of benzene rings is 10. The molecule has 1 unspecified atom stereocenters. The molecule has 0 aliphatic heterocycles. The van der Waals surface area contributed by atoms with Crippen molar-refractivity contribution in [2.24, 2.45) is 0 Å². The number of hydrogen-bond donors (Lipinski definition) is 0. The molecule has 0 heterocycles. The lowest BCUT2D eigenvalue weighted by Gasteiger charge is -2.40. The monoisotopic (exact) mass is 843 g/mol. The van der Waals surface area contributed by atoms with Crippen molar-refractivity contribution in [2.75, 3.05) is 4.90 Å². The van der Waals surface area contributed by atoms with Crippen LogP contribution in [0, 0.1) is 0 Å². The molecular formula is C65H49N. The van der Waals surface area contributed by atoms with E-state index in [9.17, 15) is 0 Å². The van der Waals surface area contributed by atoms with Crippen LogP contribution in [0.5, 0.6) is 0 Å². The molecule has 1 atom stereocenters. The largest absolute Gasteiger partial charge is 0.310 e. The van der Waals surface area contributed by atoms with E-state index in [0.717, 1.165) is 11.4 Å². The number of fused-ring (bicyclic) bond motifs is 9. The summed E-state index contributed by atoms with van der Waals surface area (Å²) in [6, 6.07) is 86.7. The van der Waals surface area contributed by atoms with Crippen LogP contribution in [0.1, 0.15) is 65.8 Å². The highest BCUT2D eigenvalue weighted by atomic mass is 15.1. The Kier molecular flexibility index (Phi) is 9.24. The fourth-order valence-electron chi connectivity index (χ4n) is 12.2. The summed E-state index contributed by atoms with van der Waals surface area (Å²) in [7, 11) is 0. The Hall–Kier alpha value is -7.74. The normalized spacial score (nSPS) is 15.9. The van der Waals surface area contributed by atoms with Gasteiger partial charge in [0.1, 0.15) is 0 Å². The molecule has 0 N–H and O–H groups in total. The maximum Gasteiger partial charge on any atom is 0.0726 e. The van der Waals surface area contributed by atoms with E-state index < -0.39 is 5.41 Å². The van der Waals surface area contributed by atoms with Crippen molar-refractivity contribution >= 4 is 27.8 Å². The molecule has 0 saturated heterocycles. The average molecular weight is 844 g/mol. The molecule has 3 aliphatic carbocycles. The van der Waals surface area contributed by atoms with E-state index in [1.165, 1.54) is 132 Å². The van der Waals surface area contributed by atoms with Gasteiger partial charge in [0.15, 0.2) is 0 Å². The zero-order valence-electron chi connectivity index (χ0n) is 37.0. The van der Waals surface area contributed by atoms with Gasteiger partial charge in [-0.15, -0.1) is 0 Å². The van der Waals surface area contributed by atoms with Crippen LogP contribution >= 0.6 is 0 Å². The first-order valence-corrected chi connectivity index (χ1v) is 23.9. The SMILES string of the molecule is c1ccc(-c2ccccc2-c2ccccc2-c2ccc(N(c3ccc(C4CCCCC4)cc3)c3ccc4c(c3)C3(c5ccccc5-4)c4ccccc4-c4cccc5cccc3c45)cc2)cc1. The van der Waals surface area contributed by atoms with E-state index in [1.54, 1.807) is 0 Å². The van der Waals surface area contributed by atoms with E-state index in [0.29, 0.717) is 5.92 Å². The van der Waals surface area contributed by atoms with Crippen LogP contribution in [0.25, 0.3) is 66.4 Å². The van der Waals surface area contributed by atoms with Crippen LogP contribution in [0.15, 0.2) is 231 Å². The van der Waals surface area contributed by atoms with Crippen molar-refractivity contribution in [1.29, 1.82) is 0 Å². The molecule has 10 aromatic carbocycles. The van der Waals surface area contributed by atoms with Crippen LogP contribution in [-0.4, -0.2) is 0 Å². The molecule has 0 amide bonds. The Morgan fingerprint density at radius 1 is 0.318 bits per heavy atom. The summed E-state index contributed by atoms with van der Waals surface area (Å²) < 4.78 is 0. The van der Waals surface area contributed by atoms with Crippen LogP contribution in [-0.2, 0) is 5.41 Å². The molecule has 1 fully saturated rings. The van der Waals surface area contributed by atoms with Gasteiger partial charge >= 0.3 is 0 Å². The van der Waals surface area contributed by atoms with E-state index in [2.05, 4.69) is 235 Å². The molecule has 3 aliphatic rings. The highest BCUT2D eigenvalue weighted by molar-refractivity contribution is 6.07. The van der Waals surface area contributed by atoms with Gasteiger partial charge in [0.2, 0.25) is 0 Å². The maximum atomic E-state index is 2.53. The van der Waals surface area contributed by atoms with Crippen molar-refractivity contribution in [3.63, 3.8) is 0 Å². The van der Waals surface area contributed by atoms with Gasteiger partial charge in [-0.3, -0.25) is 0 Å². The minimum Gasteiger partial charge on any atom is -0.310 e. The lowest BCUT2D eigenvalue weighted by atomic mass is 9.61. The molecule has 1 heteroatoms. The van der Waals surface area contributed by atoms with E-state index in [4.69, 9.17) is 0 Å². The molecule has 0 aromatic heterocycles. The fraction of sp³-hybridized carbons (Fsp3) is 0.108. The second-order valence-corrected chi connectivity index (χ2v) is 18.5. The van der Waals surface area contributed by atoms with Crippen molar-refractivity contribution in [1.82, 2.24) is 0 Å². The first-order valence-electron chi connectivity index (χ1n) is 23.9. The molecule has 13 rings (SSSR count). The lowest BCUT2D eigenvalue weighted by Crippen LogP contribution is -2.32. The van der Waals surface area contributed by atoms with Gasteiger partial charge in [-0.05, 0) is 149 Å². The van der Waals surface area contributed by atoms with Crippen molar-refractivity contribution in [2.45, 2.75) is 43.4 Å². The molecule has 0 radical (unpaired) electrons. The first kappa shape index (κ1) is 38.7. The van der Waals surface area contributed by atoms with Crippen molar-refractivity contribution in [3.8, 4) is 55.6 Å². The summed E-state index contributed by atoms with van der Waals surface area (Å²) >= 11 is 0. The van der Waals surface area contributed by atoms with Gasteiger partial charge in [0.25, 0.3) is 0 Å². The summed E-state index contributed by atoms with van der Waals surface area (Å²) in [5, 5.41) is 2.63. The Morgan fingerprint density at radius 3 is 1.44 bits per heavy atom. The maximum absolute atomic E-state index is 2.53. The molecule has 10 aromatic rings. The number of rotatable bonds is 7. The Labute approximate surface area is 388 Å². The third-order valence-electron chi connectivity index (χ3n) is 15.1. The number of nitrogens with zero attached hydrogens (tertiary/aromatic N) is 1. The molecule has 1 nitrogen and oxygen atoms in total. The minimum absolute atomic E-state index is 0.494. The highest BCUT2D eigenvalue weighted by Gasteiger charge is 2.50. The van der Waals surface area contributed by atoms with Gasteiger partial charge in [0.05, 0.1) is 5.41 Å². The third kappa shape index (κ3) is 6.00. The Balaban J connectivity index is 0.988. The average Bonchev–Trinajstić information content (AvgIpc) is 3.69. The first-order chi connectivity index (χ1) is 32.8. The highest BCUT2D eigenvalue weighted by Crippen LogP contribution is 2.62. The van der Waals surface area contributed by atoms with E-state index in [-0.39, 0.29) is 0 Å². The van der Waals surface area contributed by atoms with Crippen LogP contribution in [0.4, 0.5) is 17.1 Å². The summed E-state index contributed by atoms with van der Waals surface area (Å²) in [5.74, 6) is 0.642. The summed E-state index contributed by atoms with van der Waals surface area (Å²) in [6.07, 6.45) is 6.58. The zero-order valence-corrected chi connectivity index (χ0v) is 37.0. The Morgan fingerprint density at radius 2 is 0.788 bits per heavy atom. The van der Waals surface area contributed by atoms with E-state index >= 15 is 0 Å². The standard InChI is InChI=1S/C65H49N/c1-3-17-44(18-4-1)45-33-37-49(38-34-45)66(50-39-35-47(36-40-50)53-24-8-10-26-55(53)54-25-9-7-23-52(54)46-19-5-2-6-20-46)51-41-42-58-56-27-11-13-30-60(56)65(63(58)43-51)61-31-14-12-28-57(61)59-29-15-21-48-22-16-32-62(65)64(48)59/h2,5-16,19-44H,1,3-4,17-18H2. The molecule has 66 heavy (non-hydrogen) atoms. The second-order valence-electron chi connectivity index (χ2n) is 18.5. The third-order valence-corrected chi connectivity index (χ3v) is 15.1. The zero-order chi connectivity index (χ0) is 43.6. The fourth-order valence-corrected chi connectivity index (χ4v) is 12.2. The van der Waals surface area contributed by atoms with Gasteiger partial charge < -0.3 is 4.90 Å². The molecule has 1 saturated carbocycles. The lowest BCUT2D eigenvalue weighted by molar-refractivity contribution is 0.443. The van der Waals surface area contributed by atoms with E-state index in [1.807, 2.05) is 0 Å². The van der Waals surface area contributed by atoms with Gasteiger partial charge in [-0.1, -0.05) is 213 Å². The van der Waals surface area contributed by atoms with Gasteiger partial charge in [0, 0.05) is 17.1 Å². The van der Waals surface area contributed by atoms with Crippen LogP contribution < -0.4 is 4.90 Å². The molecule has 314 valence electrons. The summed E-state index contributed by atoms with van der Waals surface area (Å²) in [5.41, 5.74) is 22.4. The Bertz CT molecular complexity index is 3440. The summed E-state index contributed by atoms with van der Waals surface area (Å²) in [4.78, 5) is 2.49. The quantitative estimate of drug-likeness (QED) is 0.154. The topological polar surface area (TPSA) is 3.24 Å². The number of hydrogen-bond acceptors (Lipinski definition) is 1. The second kappa shape index (κ2) is 15.8.